The minimum atomic E-state index is 0.0992. The highest BCUT2D eigenvalue weighted by molar-refractivity contribution is 7.96. The van der Waals surface area contributed by atoms with Gasteiger partial charge in [0.25, 0.3) is 0 Å². The summed E-state index contributed by atoms with van der Waals surface area (Å²) in [6.07, 6.45) is 2.23. The van der Waals surface area contributed by atoms with Crippen LogP contribution in [0.25, 0.3) is 0 Å². The van der Waals surface area contributed by atoms with E-state index in [9.17, 15) is 0 Å². The van der Waals surface area contributed by atoms with Gasteiger partial charge in [0, 0.05) is 0 Å². The zero-order valence-corrected chi connectivity index (χ0v) is 11.1. The van der Waals surface area contributed by atoms with Gasteiger partial charge in [0.05, 0.1) is 10.9 Å². The van der Waals surface area contributed by atoms with Gasteiger partial charge in [-0.05, 0) is 48.6 Å². The average molecular weight is 261 g/mol. The molecule has 1 nitrogen and oxygen atoms in total. The molecule has 0 spiro atoms. The zero-order valence-electron chi connectivity index (χ0n) is 9.50. The fourth-order valence-electron chi connectivity index (χ4n) is 1.54. The summed E-state index contributed by atoms with van der Waals surface area (Å²) in [5, 5.41) is 0. The molecule has 0 aliphatic rings. The van der Waals surface area contributed by atoms with E-state index >= 15 is 0 Å². The minimum absolute atomic E-state index is 0.0992. The van der Waals surface area contributed by atoms with Gasteiger partial charge in [-0.3, -0.25) is 0 Å². The molecule has 0 heterocycles. The first-order chi connectivity index (χ1) is 8.31. The Morgan fingerprint density at radius 3 is 2.12 bits per heavy atom. The van der Waals surface area contributed by atoms with E-state index in [2.05, 4.69) is 54.9 Å². The smallest absolute Gasteiger partial charge is 0.160 e. The van der Waals surface area contributed by atoms with E-state index < -0.39 is 0 Å². The van der Waals surface area contributed by atoms with Crippen molar-refractivity contribution in [1.29, 1.82) is 0 Å². The molecule has 86 valence electrons. The molecule has 3 heteroatoms. The molecular weight excluding hydrogens is 248 g/mol. The molecular formula is C14H13OS2+. The monoisotopic (exact) mass is 261 g/mol. The molecule has 1 atom stereocenters. The lowest BCUT2D eigenvalue weighted by atomic mass is 10.3. The molecule has 0 saturated carbocycles. The SMILES string of the molecule is C[S+](c1ccccc1)c1ccc(OC=S)cc1. The second-order valence-corrected chi connectivity index (χ2v) is 5.66. The van der Waals surface area contributed by atoms with Gasteiger partial charge in [0.2, 0.25) is 0 Å². The summed E-state index contributed by atoms with van der Waals surface area (Å²) >= 11 is 4.65. The Morgan fingerprint density at radius 1 is 0.941 bits per heavy atom. The van der Waals surface area contributed by atoms with Crippen LogP contribution in [0.1, 0.15) is 0 Å². The van der Waals surface area contributed by atoms with Gasteiger partial charge in [-0.25, -0.2) is 0 Å². The first kappa shape index (κ1) is 12.1. The second kappa shape index (κ2) is 5.84. The molecule has 0 aliphatic heterocycles. The van der Waals surface area contributed by atoms with Crippen LogP contribution in [0.4, 0.5) is 0 Å². The van der Waals surface area contributed by atoms with Crippen molar-refractivity contribution in [3.05, 3.63) is 54.6 Å². The van der Waals surface area contributed by atoms with Gasteiger partial charge < -0.3 is 4.74 Å². The van der Waals surface area contributed by atoms with E-state index in [1.807, 2.05) is 18.2 Å². The quantitative estimate of drug-likeness (QED) is 0.613. The molecule has 17 heavy (non-hydrogen) atoms. The Balaban J connectivity index is 2.20. The third kappa shape index (κ3) is 3.08. The highest BCUT2D eigenvalue weighted by Gasteiger charge is 2.18. The van der Waals surface area contributed by atoms with E-state index in [0.29, 0.717) is 0 Å². The number of rotatable bonds is 4. The van der Waals surface area contributed by atoms with E-state index in [1.54, 1.807) is 0 Å². The fourth-order valence-corrected chi connectivity index (χ4v) is 3.03. The standard InChI is InChI=1S/C14H13OS2/c1-17(13-5-3-2-4-6-13)14-9-7-12(8-10-14)15-11-16/h2-11H,1H3/q+1. The Bertz CT molecular complexity index is 479. The second-order valence-electron chi connectivity index (χ2n) is 3.51. The molecule has 2 rings (SSSR count). The van der Waals surface area contributed by atoms with E-state index in [0.717, 1.165) is 5.75 Å². The number of hydrogen-bond donors (Lipinski definition) is 0. The summed E-state index contributed by atoms with van der Waals surface area (Å²) in [6, 6.07) is 18.6. The number of ether oxygens (including phenoxy) is 1. The summed E-state index contributed by atoms with van der Waals surface area (Å²) in [5.74, 6) is 0.786. The predicted octanol–water partition coefficient (Wildman–Crippen LogP) is 3.69. The zero-order chi connectivity index (χ0) is 12.1. The summed E-state index contributed by atoms with van der Waals surface area (Å²) in [7, 11) is 0.0992. The lowest BCUT2D eigenvalue weighted by Crippen LogP contribution is -2.00. The van der Waals surface area contributed by atoms with Crippen molar-refractivity contribution in [2.24, 2.45) is 0 Å². The van der Waals surface area contributed by atoms with Crippen molar-refractivity contribution in [3.63, 3.8) is 0 Å². The van der Waals surface area contributed by atoms with Gasteiger partial charge in [-0.1, -0.05) is 18.2 Å². The highest BCUT2D eigenvalue weighted by atomic mass is 32.2. The van der Waals surface area contributed by atoms with E-state index in [-0.39, 0.29) is 10.9 Å². The molecule has 0 N–H and O–H groups in total. The van der Waals surface area contributed by atoms with Gasteiger partial charge in [0.15, 0.2) is 15.3 Å². The largest absolute Gasteiger partial charge is 0.454 e. The molecule has 0 bridgehead atoms. The van der Waals surface area contributed by atoms with Crippen LogP contribution in [0.5, 0.6) is 5.75 Å². The van der Waals surface area contributed by atoms with Crippen molar-refractivity contribution in [3.8, 4) is 5.75 Å². The van der Waals surface area contributed by atoms with Crippen molar-refractivity contribution < 1.29 is 4.74 Å². The maximum absolute atomic E-state index is 5.14. The molecule has 0 amide bonds. The van der Waals surface area contributed by atoms with Gasteiger partial charge in [0.1, 0.15) is 12.0 Å². The maximum Gasteiger partial charge on any atom is 0.160 e. The lowest BCUT2D eigenvalue weighted by Gasteiger charge is -2.03. The average Bonchev–Trinajstić information content (AvgIpc) is 2.40. The molecule has 0 saturated heterocycles. The normalized spacial score (nSPS) is 11.8. The summed E-state index contributed by atoms with van der Waals surface area (Å²) in [5.41, 5.74) is 1.28. The van der Waals surface area contributed by atoms with Crippen LogP contribution < -0.4 is 4.74 Å². The fraction of sp³-hybridized carbons (Fsp3) is 0.0714. The Labute approximate surface area is 110 Å². The number of thiocarbonyl (C=S) groups is 1. The number of benzene rings is 2. The molecule has 0 aromatic heterocycles. The first-order valence-corrected chi connectivity index (χ1v) is 7.33. The van der Waals surface area contributed by atoms with Gasteiger partial charge in [-0.15, -0.1) is 0 Å². The van der Waals surface area contributed by atoms with Crippen LogP contribution in [0.2, 0.25) is 0 Å². The van der Waals surface area contributed by atoms with Gasteiger partial charge in [-0.2, -0.15) is 0 Å². The van der Waals surface area contributed by atoms with Crippen molar-refractivity contribution in [2.75, 3.05) is 6.26 Å². The van der Waals surface area contributed by atoms with Crippen LogP contribution in [-0.2, 0) is 10.9 Å². The molecule has 0 aliphatic carbocycles. The minimum Gasteiger partial charge on any atom is -0.454 e. The predicted molar refractivity (Wildman–Crippen MR) is 77.0 cm³/mol. The summed E-state index contributed by atoms with van der Waals surface area (Å²) in [4.78, 5) is 2.64. The third-order valence-corrected chi connectivity index (χ3v) is 4.51. The van der Waals surface area contributed by atoms with Crippen molar-refractivity contribution in [2.45, 2.75) is 9.79 Å². The highest BCUT2D eigenvalue weighted by Crippen LogP contribution is 2.22. The topological polar surface area (TPSA) is 9.23 Å². The Kier molecular flexibility index (Phi) is 4.18. The third-order valence-electron chi connectivity index (χ3n) is 2.46. The van der Waals surface area contributed by atoms with E-state index in [1.165, 1.54) is 15.3 Å². The molecule has 1 unspecified atom stereocenters. The molecule has 2 aromatic carbocycles. The van der Waals surface area contributed by atoms with Crippen molar-refractivity contribution in [1.82, 2.24) is 0 Å². The van der Waals surface area contributed by atoms with Crippen molar-refractivity contribution >= 4 is 28.7 Å². The summed E-state index contributed by atoms with van der Waals surface area (Å²) in [6.45, 7) is 0. The van der Waals surface area contributed by atoms with Crippen LogP contribution in [0, 0.1) is 0 Å². The Morgan fingerprint density at radius 2 is 1.53 bits per heavy atom. The van der Waals surface area contributed by atoms with Crippen LogP contribution in [0.15, 0.2) is 64.4 Å². The lowest BCUT2D eigenvalue weighted by molar-refractivity contribution is 0.585. The summed E-state index contributed by atoms with van der Waals surface area (Å²) < 4.78 is 5.14. The molecule has 0 fully saturated rings. The first-order valence-electron chi connectivity index (χ1n) is 5.22. The molecule has 0 radical (unpaired) electrons. The van der Waals surface area contributed by atoms with Crippen LogP contribution >= 0.6 is 12.2 Å². The van der Waals surface area contributed by atoms with Crippen LogP contribution in [0.3, 0.4) is 0 Å². The van der Waals surface area contributed by atoms with E-state index in [4.69, 9.17) is 4.74 Å². The van der Waals surface area contributed by atoms with Crippen LogP contribution in [-0.4, -0.2) is 11.8 Å². The Hall–Kier alpha value is -1.32. The van der Waals surface area contributed by atoms with Gasteiger partial charge >= 0.3 is 0 Å². The maximum atomic E-state index is 5.14. The number of hydrogen-bond acceptors (Lipinski definition) is 2. The molecule has 2 aromatic rings.